The van der Waals surface area contributed by atoms with Gasteiger partial charge >= 0.3 is 6.09 Å². The lowest BCUT2D eigenvalue weighted by atomic mass is 10.2. The van der Waals surface area contributed by atoms with E-state index in [2.05, 4.69) is 0 Å². The van der Waals surface area contributed by atoms with E-state index >= 15 is 0 Å². The van der Waals surface area contributed by atoms with Gasteiger partial charge in [-0.2, -0.15) is 0 Å². The molecule has 1 N–H and O–H groups in total. The van der Waals surface area contributed by atoms with Crippen LogP contribution in [-0.4, -0.2) is 39.8 Å². The van der Waals surface area contributed by atoms with Crippen LogP contribution in [0.2, 0.25) is 0 Å². The second kappa shape index (κ2) is 3.20. The van der Waals surface area contributed by atoms with Crippen LogP contribution < -0.4 is 0 Å². The normalized spacial score (nSPS) is 32.6. The number of carbonyl (C=O) groups excluding carboxylic acids is 2. The molecule has 1 heterocycles. The molecule has 5 nitrogen and oxygen atoms in total. The molecule has 0 aromatic carbocycles. The van der Waals surface area contributed by atoms with E-state index in [0.29, 0.717) is 12.8 Å². The Morgan fingerprint density at radius 1 is 1.62 bits per heavy atom. The maximum absolute atomic E-state index is 11.8. The highest BCUT2D eigenvalue weighted by Crippen LogP contribution is 2.56. The number of imide groups is 1. The number of hydrogen-bond acceptors (Lipinski definition) is 4. The Bertz CT molecular complexity index is 342. The minimum absolute atomic E-state index is 0.123. The smallest absolute Gasteiger partial charge is 0.417 e. The van der Waals surface area contributed by atoms with Crippen molar-refractivity contribution in [1.82, 2.24) is 4.90 Å². The van der Waals surface area contributed by atoms with Gasteiger partial charge in [-0.3, -0.25) is 4.79 Å². The van der Waals surface area contributed by atoms with Crippen molar-refractivity contribution in [1.29, 1.82) is 0 Å². The quantitative estimate of drug-likeness (QED) is 0.723. The van der Waals surface area contributed by atoms with Crippen molar-refractivity contribution in [3.05, 3.63) is 0 Å². The van der Waals surface area contributed by atoms with Crippen LogP contribution in [0.25, 0.3) is 0 Å². The Labute approximate surface area is 94.4 Å². The summed E-state index contributed by atoms with van der Waals surface area (Å²) in [6, 6.07) is 0. The van der Waals surface area contributed by atoms with E-state index in [4.69, 9.17) is 4.74 Å². The monoisotopic (exact) mass is 227 g/mol. The summed E-state index contributed by atoms with van der Waals surface area (Å²) < 4.78 is 5.17. The molecular weight excluding hydrogens is 210 g/mol. The van der Waals surface area contributed by atoms with Gasteiger partial charge in [-0.1, -0.05) is 0 Å². The Balaban J connectivity index is 2.14. The van der Waals surface area contributed by atoms with Crippen LogP contribution in [0, 0.1) is 5.92 Å². The fraction of sp³-hybridized carbons (Fsp3) is 0.818. The van der Waals surface area contributed by atoms with Gasteiger partial charge < -0.3 is 9.84 Å². The molecule has 1 aliphatic carbocycles. The first kappa shape index (κ1) is 11.4. The lowest BCUT2D eigenvalue weighted by Crippen LogP contribution is -2.47. The van der Waals surface area contributed by atoms with Gasteiger partial charge in [-0.15, -0.1) is 0 Å². The number of amides is 2. The molecular formula is C11H17NO4. The first-order valence-corrected chi connectivity index (χ1v) is 5.47. The highest BCUT2D eigenvalue weighted by atomic mass is 16.6. The van der Waals surface area contributed by atoms with Crippen LogP contribution in [-0.2, 0) is 9.53 Å². The number of rotatable bonds is 1. The van der Waals surface area contributed by atoms with Crippen LogP contribution in [0.1, 0.15) is 33.6 Å². The molecule has 2 amide bonds. The number of ether oxygens (including phenoxy) is 1. The summed E-state index contributed by atoms with van der Waals surface area (Å²) in [6.07, 6.45) is 0.417. The topological polar surface area (TPSA) is 66.8 Å². The summed E-state index contributed by atoms with van der Waals surface area (Å²) in [6.45, 7) is 5.09. The van der Waals surface area contributed by atoms with Gasteiger partial charge in [0, 0.05) is 6.42 Å². The van der Waals surface area contributed by atoms with E-state index in [-0.39, 0.29) is 18.4 Å². The van der Waals surface area contributed by atoms with Gasteiger partial charge in [0.25, 0.3) is 0 Å². The average Bonchev–Trinajstić information content (AvgIpc) is 2.70. The van der Waals surface area contributed by atoms with E-state index in [1.54, 1.807) is 20.8 Å². The van der Waals surface area contributed by atoms with Crippen LogP contribution in [0.4, 0.5) is 4.79 Å². The molecule has 2 aliphatic rings. The fourth-order valence-electron chi connectivity index (χ4n) is 2.31. The molecule has 0 aromatic heterocycles. The number of piperidine rings is 1. The molecule has 16 heavy (non-hydrogen) atoms. The van der Waals surface area contributed by atoms with Gasteiger partial charge in [0.1, 0.15) is 5.60 Å². The molecule has 0 bridgehead atoms. The lowest BCUT2D eigenvalue weighted by Gasteiger charge is -2.28. The van der Waals surface area contributed by atoms with Crippen LogP contribution in [0.3, 0.4) is 0 Å². The third kappa shape index (κ3) is 1.59. The molecule has 0 aromatic rings. The van der Waals surface area contributed by atoms with Crippen molar-refractivity contribution in [2.45, 2.75) is 44.8 Å². The summed E-state index contributed by atoms with van der Waals surface area (Å²) in [5, 5.41) is 9.30. The summed E-state index contributed by atoms with van der Waals surface area (Å²) in [5.74, 6) is -0.114. The number of aliphatic hydroxyl groups is 1. The number of carbonyl (C=O) groups is 2. The molecule has 1 aliphatic heterocycles. The van der Waals surface area contributed by atoms with Crippen LogP contribution in [0.15, 0.2) is 0 Å². The van der Waals surface area contributed by atoms with Crippen molar-refractivity contribution in [2.24, 2.45) is 5.92 Å². The first-order valence-electron chi connectivity index (χ1n) is 5.47. The van der Waals surface area contributed by atoms with E-state index in [1.807, 2.05) is 0 Å². The maximum atomic E-state index is 11.8. The number of nitrogens with zero attached hydrogens (tertiary/aromatic N) is 1. The number of fused-ring (bicyclic) bond motifs is 1. The van der Waals surface area contributed by atoms with Gasteiger partial charge in [0.15, 0.2) is 0 Å². The predicted molar refractivity (Wildman–Crippen MR) is 55.6 cm³/mol. The van der Waals surface area contributed by atoms with Crippen molar-refractivity contribution in [3.63, 3.8) is 0 Å². The second-order valence-corrected chi connectivity index (χ2v) is 5.58. The number of hydrogen-bond donors (Lipinski definition) is 1. The first-order chi connectivity index (χ1) is 7.30. The summed E-state index contributed by atoms with van der Waals surface area (Å²) >= 11 is 0. The highest BCUT2D eigenvalue weighted by Gasteiger charge is 2.67. The van der Waals surface area contributed by atoms with Crippen LogP contribution in [0.5, 0.6) is 0 Å². The summed E-state index contributed by atoms with van der Waals surface area (Å²) in [5.41, 5.74) is -1.28. The minimum Gasteiger partial charge on any atom is -0.443 e. The maximum Gasteiger partial charge on any atom is 0.417 e. The summed E-state index contributed by atoms with van der Waals surface area (Å²) in [4.78, 5) is 24.6. The zero-order chi connectivity index (χ0) is 12.1. The average molecular weight is 227 g/mol. The van der Waals surface area contributed by atoms with Gasteiger partial charge in [-0.25, -0.2) is 9.69 Å². The fourth-order valence-corrected chi connectivity index (χ4v) is 2.31. The molecule has 90 valence electrons. The third-order valence-corrected chi connectivity index (χ3v) is 3.17. The van der Waals surface area contributed by atoms with Crippen molar-refractivity contribution < 1.29 is 19.4 Å². The van der Waals surface area contributed by atoms with Gasteiger partial charge in [0.2, 0.25) is 5.91 Å². The number of likely N-dealkylation sites (tertiary alicyclic amines) is 1. The Morgan fingerprint density at radius 3 is 2.75 bits per heavy atom. The van der Waals surface area contributed by atoms with Crippen LogP contribution >= 0.6 is 0 Å². The van der Waals surface area contributed by atoms with Crippen molar-refractivity contribution in [2.75, 3.05) is 6.61 Å². The molecule has 0 radical (unpaired) electrons. The molecule has 2 fully saturated rings. The van der Waals surface area contributed by atoms with E-state index in [1.165, 1.54) is 0 Å². The lowest BCUT2D eigenvalue weighted by molar-refractivity contribution is -0.130. The zero-order valence-electron chi connectivity index (χ0n) is 9.82. The number of aliphatic hydroxyl groups excluding tert-OH is 1. The standard InChI is InChI=1S/C11H17NO4/c1-10(2,3)16-9(15)12-8(14)4-7-5-11(7,12)6-13/h7,13H,4-6H2,1-3H3. The predicted octanol–water partition coefficient (Wildman–Crippen LogP) is 0.905. The summed E-state index contributed by atoms with van der Waals surface area (Å²) in [7, 11) is 0. The second-order valence-electron chi connectivity index (χ2n) is 5.58. The zero-order valence-corrected chi connectivity index (χ0v) is 9.82. The molecule has 2 rings (SSSR count). The van der Waals surface area contributed by atoms with Gasteiger partial charge in [0.05, 0.1) is 12.1 Å². The molecule has 0 spiro atoms. The van der Waals surface area contributed by atoms with Crippen molar-refractivity contribution >= 4 is 12.0 Å². The SMILES string of the molecule is CC(C)(C)OC(=O)N1C(=O)CC2CC21CO. The Hall–Kier alpha value is -1.10. The Morgan fingerprint density at radius 2 is 2.25 bits per heavy atom. The van der Waals surface area contributed by atoms with E-state index in [0.717, 1.165) is 4.90 Å². The third-order valence-electron chi connectivity index (χ3n) is 3.17. The highest BCUT2D eigenvalue weighted by molar-refractivity contribution is 5.97. The molecule has 2 atom stereocenters. The molecule has 1 saturated heterocycles. The molecule has 1 saturated carbocycles. The minimum atomic E-state index is -0.653. The van der Waals surface area contributed by atoms with E-state index < -0.39 is 17.2 Å². The van der Waals surface area contributed by atoms with Crippen molar-refractivity contribution in [3.8, 4) is 0 Å². The molecule has 5 heteroatoms. The largest absolute Gasteiger partial charge is 0.443 e. The van der Waals surface area contributed by atoms with Gasteiger partial charge in [-0.05, 0) is 33.1 Å². The van der Waals surface area contributed by atoms with E-state index in [9.17, 15) is 14.7 Å². The molecule has 2 unspecified atom stereocenters. The Kier molecular flexibility index (Phi) is 2.28.